The summed E-state index contributed by atoms with van der Waals surface area (Å²) < 4.78 is 6.64. The number of para-hydroxylation sites is 2. The number of benzene rings is 6. The smallest absolute Gasteiger partial charge is 0.143 e. The van der Waals surface area contributed by atoms with Crippen LogP contribution in [0.4, 0.5) is 17.1 Å². The van der Waals surface area contributed by atoms with Crippen molar-refractivity contribution in [1.82, 2.24) is 0 Å². The van der Waals surface area contributed by atoms with Crippen LogP contribution in [0.2, 0.25) is 0 Å². The van der Waals surface area contributed by atoms with Crippen molar-refractivity contribution < 1.29 is 4.42 Å². The van der Waals surface area contributed by atoms with Gasteiger partial charge in [-0.15, -0.1) is 0 Å². The highest BCUT2D eigenvalue weighted by molar-refractivity contribution is 6.25. The van der Waals surface area contributed by atoms with Crippen LogP contribution in [0, 0.1) is 6.92 Å². The summed E-state index contributed by atoms with van der Waals surface area (Å²) in [5.74, 6) is 0. The number of hydrogen-bond acceptors (Lipinski definition) is 2. The molecule has 0 saturated carbocycles. The number of anilines is 3. The number of furan rings is 1. The standard InChI is InChI=1S/C33H23NO/c1-22-11-5-10-18-29(22)34(24-13-3-2-4-14-24)30-21-31-32(27-17-9-8-16-26(27)30)28-20-19-23-12-6-7-15-25(23)33(28)35-31/h2-21H,1H3. The third kappa shape index (κ3) is 3.04. The van der Waals surface area contributed by atoms with E-state index in [2.05, 4.69) is 133 Å². The van der Waals surface area contributed by atoms with Gasteiger partial charge in [-0.3, -0.25) is 0 Å². The lowest BCUT2D eigenvalue weighted by Crippen LogP contribution is -2.11. The van der Waals surface area contributed by atoms with E-state index in [4.69, 9.17) is 4.42 Å². The SMILES string of the molecule is Cc1ccccc1N(c1ccccc1)c1cc2oc3c4ccccc4ccc3c2c2ccccc12. The van der Waals surface area contributed by atoms with Gasteiger partial charge in [0.05, 0.1) is 5.69 Å². The Bertz CT molecular complexity index is 1860. The van der Waals surface area contributed by atoms with Gasteiger partial charge in [-0.05, 0) is 47.5 Å². The fourth-order valence-corrected chi connectivity index (χ4v) is 5.33. The van der Waals surface area contributed by atoms with Gasteiger partial charge in [0.1, 0.15) is 11.2 Å². The molecule has 35 heavy (non-hydrogen) atoms. The van der Waals surface area contributed by atoms with Crippen molar-refractivity contribution in [3.63, 3.8) is 0 Å². The van der Waals surface area contributed by atoms with E-state index in [1.165, 1.54) is 27.1 Å². The van der Waals surface area contributed by atoms with Crippen LogP contribution in [0.5, 0.6) is 0 Å². The van der Waals surface area contributed by atoms with Crippen molar-refractivity contribution in [3.8, 4) is 0 Å². The van der Waals surface area contributed by atoms with Crippen molar-refractivity contribution in [2.45, 2.75) is 6.92 Å². The van der Waals surface area contributed by atoms with Gasteiger partial charge >= 0.3 is 0 Å². The maximum Gasteiger partial charge on any atom is 0.143 e. The molecule has 0 radical (unpaired) electrons. The van der Waals surface area contributed by atoms with Gasteiger partial charge < -0.3 is 9.32 Å². The zero-order valence-corrected chi connectivity index (χ0v) is 19.4. The van der Waals surface area contributed by atoms with Crippen molar-refractivity contribution in [3.05, 3.63) is 127 Å². The van der Waals surface area contributed by atoms with Crippen LogP contribution in [-0.2, 0) is 0 Å². The van der Waals surface area contributed by atoms with E-state index in [1.54, 1.807) is 0 Å². The molecule has 2 heteroatoms. The fourth-order valence-electron chi connectivity index (χ4n) is 5.33. The van der Waals surface area contributed by atoms with Crippen LogP contribution in [0.25, 0.3) is 43.5 Å². The number of rotatable bonds is 3. The largest absolute Gasteiger partial charge is 0.455 e. The monoisotopic (exact) mass is 449 g/mol. The van der Waals surface area contributed by atoms with Gasteiger partial charge in [-0.2, -0.15) is 0 Å². The second kappa shape index (κ2) is 7.75. The quantitative estimate of drug-likeness (QED) is 0.267. The van der Waals surface area contributed by atoms with Gasteiger partial charge in [0, 0.05) is 39.0 Å². The van der Waals surface area contributed by atoms with Crippen molar-refractivity contribution in [2.24, 2.45) is 0 Å². The molecule has 7 aromatic rings. The molecule has 0 unspecified atom stereocenters. The Kier molecular flexibility index (Phi) is 4.40. The Morgan fingerprint density at radius 1 is 0.543 bits per heavy atom. The molecular formula is C33H23NO. The van der Waals surface area contributed by atoms with E-state index in [0.29, 0.717) is 0 Å². The minimum Gasteiger partial charge on any atom is -0.455 e. The summed E-state index contributed by atoms with van der Waals surface area (Å²) in [4.78, 5) is 2.35. The first-order valence-corrected chi connectivity index (χ1v) is 12.0. The summed E-state index contributed by atoms with van der Waals surface area (Å²) in [6.07, 6.45) is 0. The van der Waals surface area contributed by atoms with Gasteiger partial charge in [0.25, 0.3) is 0 Å². The number of fused-ring (bicyclic) bond motifs is 7. The summed E-state index contributed by atoms with van der Waals surface area (Å²) in [6, 6.07) is 42.8. The van der Waals surface area contributed by atoms with Gasteiger partial charge in [0.2, 0.25) is 0 Å². The predicted octanol–water partition coefficient (Wildman–Crippen LogP) is 9.67. The second-order valence-electron chi connectivity index (χ2n) is 9.04. The molecule has 166 valence electrons. The van der Waals surface area contributed by atoms with E-state index in [0.717, 1.165) is 39.0 Å². The Hall–Kier alpha value is -4.56. The van der Waals surface area contributed by atoms with Crippen LogP contribution in [0.3, 0.4) is 0 Å². The third-order valence-corrected chi connectivity index (χ3v) is 6.96. The zero-order valence-electron chi connectivity index (χ0n) is 19.4. The van der Waals surface area contributed by atoms with E-state index in [-0.39, 0.29) is 0 Å². The average Bonchev–Trinajstić information content (AvgIpc) is 3.30. The highest BCUT2D eigenvalue weighted by Gasteiger charge is 2.21. The first-order chi connectivity index (χ1) is 17.3. The lowest BCUT2D eigenvalue weighted by Gasteiger charge is -2.28. The van der Waals surface area contributed by atoms with E-state index >= 15 is 0 Å². The first-order valence-electron chi connectivity index (χ1n) is 12.0. The molecule has 0 aliphatic heterocycles. The zero-order chi connectivity index (χ0) is 23.4. The minimum absolute atomic E-state index is 0.902. The molecule has 7 rings (SSSR count). The maximum absolute atomic E-state index is 6.64. The van der Waals surface area contributed by atoms with Crippen LogP contribution in [-0.4, -0.2) is 0 Å². The third-order valence-electron chi connectivity index (χ3n) is 6.96. The van der Waals surface area contributed by atoms with E-state index in [9.17, 15) is 0 Å². The topological polar surface area (TPSA) is 16.4 Å². The van der Waals surface area contributed by atoms with E-state index < -0.39 is 0 Å². The molecular weight excluding hydrogens is 426 g/mol. The maximum atomic E-state index is 6.64. The molecule has 1 aromatic heterocycles. The Balaban J connectivity index is 1.62. The Morgan fingerprint density at radius 3 is 2.06 bits per heavy atom. The highest BCUT2D eigenvalue weighted by Crippen LogP contribution is 2.45. The predicted molar refractivity (Wildman–Crippen MR) is 148 cm³/mol. The summed E-state index contributed by atoms with van der Waals surface area (Å²) in [6.45, 7) is 2.17. The first kappa shape index (κ1) is 19.9. The summed E-state index contributed by atoms with van der Waals surface area (Å²) in [5.41, 5.74) is 6.45. The molecule has 6 aromatic carbocycles. The average molecular weight is 450 g/mol. The molecule has 0 amide bonds. The van der Waals surface area contributed by atoms with Crippen LogP contribution in [0.15, 0.2) is 126 Å². The van der Waals surface area contributed by atoms with Crippen LogP contribution in [0.1, 0.15) is 5.56 Å². The van der Waals surface area contributed by atoms with Crippen molar-refractivity contribution >= 4 is 60.5 Å². The highest BCUT2D eigenvalue weighted by atomic mass is 16.3. The molecule has 0 aliphatic rings. The Labute approximate surface area is 203 Å². The Morgan fingerprint density at radius 2 is 1.23 bits per heavy atom. The van der Waals surface area contributed by atoms with Crippen LogP contribution < -0.4 is 4.90 Å². The summed E-state index contributed by atoms with van der Waals surface area (Å²) >= 11 is 0. The van der Waals surface area contributed by atoms with Gasteiger partial charge in [-0.1, -0.05) is 91.0 Å². The van der Waals surface area contributed by atoms with Crippen molar-refractivity contribution in [2.75, 3.05) is 4.90 Å². The minimum atomic E-state index is 0.902. The molecule has 0 bridgehead atoms. The second-order valence-corrected chi connectivity index (χ2v) is 9.04. The lowest BCUT2D eigenvalue weighted by molar-refractivity contribution is 0.673. The van der Waals surface area contributed by atoms with Crippen molar-refractivity contribution in [1.29, 1.82) is 0 Å². The summed E-state index contributed by atoms with van der Waals surface area (Å²) in [5, 5.41) is 7.05. The number of nitrogens with zero attached hydrogens (tertiary/aromatic N) is 1. The number of aryl methyl sites for hydroxylation is 1. The molecule has 0 fully saturated rings. The molecule has 0 spiro atoms. The van der Waals surface area contributed by atoms with Gasteiger partial charge in [0.15, 0.2) is 0 Å². The summed E-state index contributed by atoms with van der Waals surface area (Å²) in [7, 11) is 0. The van der Waals surface area contributed by atoms with E-state index in [1.807, 2.05) is 0 Å². The molecule has 0 atom stereocenters. The molecule has 0 saturated heterocycles. The molecule has 0 aliphatic carbocycles. The fraction of sp³-hybridized carbons (Fsp3) is 0.0303. The van der Waals surface area contributed by atoms with Gasteiger partial charge in [-0.25, -0.2) is 0 Å². The lowest BCUT2D eigenvalue weighted by atomic mass is 9.99. The molecule has 2 nitrogen and oxygen atoms in total. The number of hydrogen-bond donors (Lipinski definition) is 0. The normalized spacial score (nSPS) is 11.6. The molecule has 1 heterocycles. The molecule has 0 N–H and O–H groups in total. The van der Waals surface area contributed by atoms with Crippen LogP contribution >= 0.6 is 0 Å².